The highest BCUT2D eigenvalue weighted by Gasteiger charge is 2.51. The Kier molecular flexibility index (Phi) is 36.0. The van der Waals surface area contributed by atoms with E-state index >= 15 is 0 Å². The van der Waals surface area contributed by atoms with Crippen LogP contribution in [0.2, 0.25) is 0 Å². The molecule has 1 fully saturated rings. The van der Waals surface area contributed by atoms with Gasteiger partial charge in [0.1, 0.15) is 42.7 Å². The molecule has 13 heteroatoms. The van der Waals surface area contributed by atoms with Gasteiger partial charge in [-0.05, 0) is 77.0 Å². The van der Waals surface area contributed by atoms with Gasteiger partial charge < -0.3 is 39.9 Å². The molecule has 6 unspecified atom stereocenters. The van der Waals surface area contributed by atoms with Gasteiger partial charge in [0, 0.05) is 13.0 Å². The molecule has 12 nitrogen and oxygen atoms in total. The van der Waals surface area contributed by atoms with Crippen molar-refractivity contribution in [2.24, 2.45) is 0 Å². The fourth-order valence-corrected chi connectivity index (χ4v) is 7.84. The van der Waals surface area contributed by atoms with E-state index in [0.29, 0.717) is 13.0 Å². The summed E-state index contributed by atoms with van der Waals surface area (Å²) >= 11 is 0. The number of allylic oxidation sites excluding steroid dienone is 10. The number of phosphoric acid groups is 1. The molecule has 1 aliphatic rings. The van der Waals surface area contributed by atoms with Crippen molar-refractivity contribution >= 4 is 13.8 Å². The van der Waals surface area contributed by atoms with Crippen LogP contribution in [0.4, 0.5) is 0 Å². The summed E-state index contributed by atoms with van der Waals surface area (Å²) in [5.74, 6) is -0.520. The Bertz CT molecular complexity index is 1240. The summed E-state index contributed by atoms with van der Waals surface area (Å²) in [6.45, 7) is 4.09. The topological polar surface area (TPSA) is 192 Å². The molecule has 0 saturated heterocycles. The maximum atomic E-state index is 12.8. The second-order valence-electron chi connectivity index (χ2n) is 16.2. The summed E-state index contributed by atoms with van der Waals surface area (Å²) in [7, 11) is -5.03. The van der Waals surface area contributed by atoms with Crippen molar-refractivity contribution < 1.29 is 58.3 Å². The number of hydrogen-bond donors (Lipinski definition) is 6. The van der Waals surface area contributed by atoms with E-state index in [4.69, 9.17) is 18.5 Å². The second kappa shape index (κ2) is 38.5. The smallest absolute Gasteiger partial charge is 0.457 e. The average Bonchev–Trinajstić information content (AvgIpc) is 3.24. The lowest BCUT2D eigenvalue weighted by molar-refractivity contribution is -0.220. The number of carbonyl (C=O) groups is 1. The molecule has 1 aliphatic carbocycles. The van der Waals surface area contributed by atoms with E-state index in [1.54, 1.807) is 0 Å². The number of carbonyl (C=O) groups excluding carboxylic acids is 1. The molecule has 0 aliphatic heterocycles. The lowest BCUT2D eigenvalue weighted by Gasteiger charge is -2.41. The number of rotatable bonds is 39. The van der Waals surface area contributed by atoms with Crippen LogP contribution < -0.4 is 0 Å². The molecular weight excluding hydrogens is 799 g/mol. The summed E-state index contributed by atoms with van der Waals surface area (Å²) in [6, 6.07) is 0. The zero-order chi connectivity index (χ0) is 44.8. The third-order valence-electron chi connectivity index (χ3n) is 10.6. The van der Waals surface area contributed by atoms with E-state index < -0.39 is 63.1 Å². The van der Waals surface area contributed by atoms with E-state index in [1.807, 2.05) is 0 Å². The van der Waals surface area contributed by atoms with Gasteiger partial charge in [-0.3, -0.25) is 13.8 Å². The summed E-state index contributed by atoms with van der Waals surface area (Å²) in [6.07, 6.45) is 35.8. The van der Waals surface area contributed by atoms with Crippen molar-refractivity contribution in [1.82, 2.24) is 0 Å². The molecular formula is C48H85O12P. The summed E-state index contributed by atoms with van der Waals surface area (Å²) < 4.78 is 34.1. The van der Waals surface area contributed by atoms with Gasteiger partial charge in [-0.2, -0.15) is 0 Å². The van der Waals surface area contributed by atoms with Gasteiger partial charge in [-0.1, -0.05) is 152 Å². The van der Waals surface area contributed by atoms with Gasteiger partial charge in [-0.15, -0.1) is 0 Å². The van der Waals surface area contributed by atoms with Gasteiger partial charge in [0.2, 0.25) is 0 Å². The number of esters is 1. The Morgan fingerprint density at radius 1 is 0.541 bits per heavy atom. The van der Waals surface area contributed by atoms with Crippen molar-refractivity contribution in [1.29, 1.82) is 0 Å². The van der Waals surface area contributed by atoms with E-state index in [0.717, 1.165) is 70.6 Å². The molecule has 6 atom stereocenters. The number of aliphatic hydroxyl groups excluding tert-OH is 5. The summed E-state index contributed by atoms with van der Waals surface area (Å²) in [5.41, 5.74) is 0. The minimum Gasteiger partial charge on any atom is -0.457 e. The summed E-state index contributed by atoms with van der Waals surface area (Å²) in [4.78, 5) is 23.1. The first-order valence-corrected chi connectivity index (χ1v) is 25.1. The Labute approximate surface area is 368 Å². The molecule has 1 saturated carbocycles. The van der Waals surface area contributed by atoms with Gasteiger partial charge in [0.15, 0.2) is 0 Å². The SMILES string of the molecule is CC/C=C\C/C=C\C/C=C\C/C=C\CCCCC(=O)OC(COCCCCCCCCCC/C=C\CCCCCCCCC)COP(=O)(O)OC1C(O)C(O)C(O)C(O)C1O. The van der Waals surface area contributed by atoms with Crippen LogP contribution in [0.25, 0.3) is 0 Å². The van der Waals surface area contributed by atoms with Crippen molar-refractivity contribution in [2.45, 2.75) is 217 Å². The maximum Gasteiger partial charge on any atom is 0.472 e. The van der Waals surface area contributed by atoms with Gasteiger partial charge in [0.05, 0.1) is 13.2 Å². The van der Waals surface area contributed by atoms with E-state index in [1.165, 1.54) is 77.0 Å². The highest BCUT2D eigenvalue weighted by Crippen LogP contribution is 2.47. The predicted octanol–water partition coefficient (Wildman–Crippen LogP) is 9.81. The van der Waals surface area contributed by atoms with Crippen LogP contribution in [0.3, 0.4) is 0 Å². The highest BCUT2D eigenvalue weighted by molar-refractivity contribution is 7.47. The minimum absolute atomic E-state index is 0.0977. The number of aliphatic hydroxyl groups is 5. The summed E-state index contributed by atoms with van der Waals surface area (Å²) in [5, 5.41) is 50.2. The second-order valence-corrected chi connectivity index (χ2v) is 17.6. The zero-order valence-corrected chi connectivity index (χ0v) is 38.6. The molecule has 0 aromatic rings. The highest BCUT2D eigenvalue weighted by atomic mass is 31.2. The molecule has 0 aromatic heterocycles. The Morgan fingerprint density at radius 2 is 0.967 bits per heavy atom. The van der Waals surface area contributed by atoms with Crippen LogP contribution >= 0.6 is 7.82 Å². The van der Waals surface area contributed by atoms with E-state index in [2.05, 4.69) is 74.6 Å². The molecule has 0 heterocycles. The predicted molar refractivity (Wildman–Crippen MR) is 244 cm³/mol. The molecule has 1 rings (SSSR count). The molecule has 354 valence electrons. The zero-order valence-electron chi connectivity index (χ0n) is 37.7. The lowest BCUT2D eigenvalue weighted by atomic mass is 9.85. The molecule has 0 aromatic carbocycles. The quantitative estimate of drug-likeness (QED) is 0.0148. The Hall–Kier alpha value is -1.96. The molecule has 0 bridgehead atoms. The van der Waals surface area contributed by atoms with Gasteiger partial charge in [0.25, 0.3) is 0 Å². The molecule has 6 N–H and O–H groups in total. The lowest BCUT2D eigenvalue weighted by Crippen LogP contribution is -2.64. The largest absolute Gasteiger partial charge is 0.472 e. The van der Waals surface area contributed by atoms with Crippen LogP contribution in [0, 0.1) is 0 Å². The van der Waals surface area contributed by atoms with Crippen LogP contribution in [0.1, 0.15) is 174 Å². The minimum atomic E-state index is -5.03. The fraction of sp³-hybridized carbons (Fsp3) is 0.771. The third kappa shape index (κ3) is 30.7. The molecule has 0 amide bonds. The van der Waals surface area contributed by atoms with Crippen molar-refractivity contribution in [3.8, 4) is 0 Å². The standard InChI is InChI=1S/C48H85O12P/c1-3-5-7-9-11-13-15-17-19-20-21-22-24-26-28-30-32-34-36-38-57-39-41(40-58-61(55,56)60-48-46(53)44(51)43(50)45(52)47(48)54)59-42(49)37-35-33-31-29-27-25-23-18-16-14-12-10-8-6-4-2/h6,8,12,14,18-20,23,27,29,41,43-48,50-54H,3-5,7,9-11,13,15-17,21-22,24-26,28,30-40H2,1-2H3,(H,55,56)/b8-6-,14-12-,20-19-,23-18-,29-27-. The number of hydrogen-bond acceptors (Lipinski definition) is 11. The normalized spacial score (nSPS) is 22.7. The first-order valence-electron chi connectivity index (χ1n) is 23.6. The van der Waals surface area contributed by atoms with Crippen molar-refractivity contribution in [3.63, 3.8) is 0 Å². The number of ether oxygens (including phenoxy) is 2. The van der Waals surface area contributed by atoms with Crippen molar-refractivity contribution in [2.75, 3.05) is 19.8 Å². The van der Waals surface area contributed by atoms with Crippen LogP contribution in [0.15, 0.2) is 60.8 Å². The van der Waals surface area contributed by atoms with Gasteiger partial charge in [-0.25, -0.2) is 4.57 Å². The monoisotopic (exact) mass is 885 g/mol. The first kappa shape index (κ1) is 57.1. The van der Waals surface area contributed by atoms with Gasteiger partial charge >= 0.3 is 13.8 Å². The first-order chi connectivity index (χ1) is 29.5. The van der Waals surface area contributed by atoms with E-state index in [9.17, 15) is 39.8 Å². The Balaban J connectivity index is 2.41. The maximum absolute atomic E-state index is 12.8. The molecule has 0 spiro atoms. The van der Waals surface area contributed by atoms with Crippen molar-refractivity contribution in [3.05, 3.63) is 60.8 Å². The van der Waals surface area contributed by atoms with E-state index in [-0.39, 0.29) is 13.0 Å². The van der Waals surface area contributed by atoms with Crippen LogP contribution in [-0.4, -0.2) is 98.9 Å². The number of unbranched alkanes of at least 4 members (excludes halogenated alkanes) is 17. The van der Waals surface area contributed by atoms with Crippen LogP contribution in [0.5, 0.6) is 0 Å². The Morgan fingerprint density at radius 3 is 1.49 bits per heavy atom. The van der Waals surface area contributed by atoms with Crippen LogP contribution in [-0.2, 0) is 27.9 Å². The average molecular weight is 885 g/mol. The fourth-order valence-electron chi connectivity index (χ4n) is 6.87. The molecule has 61 heavy (non-hydrogen) atoms. The number of phosphoric ester groups is 1. The third-order valence-corrected chi connectivity index (χ3v) is 11.6. The molecule has 0 radical (unpaired) electrons.